The summed E-state index contributed by atoms with van der Waals surface area (Å²) in [5.41, 5.74) is -0.415. The number of halogens is 4. The number of rotatable bonds is 3. The van der Waals surface area contributed by atoms with Crippen LogP contribution in [0.4, 0.5) is 13.2 Å². The van der Waals surface area contributed by atoms with Gasteiger partial charge < -0.3 is 0 Å². The Labute approximate surface area is 106 Å². The molecule has 0 fully saturated rings. The fourth-order valence-corrected chi connectivity index (χ4v) is 1.72. The van der Waals surface area contributed by atoms with E-state index in [-0.39, 0.29) is 5.56 Å². The van der Waals surface area contributed by atoms with Crippen molar-refractivity contribution >= 4 is 21.7 Å². The van der Waals surface area contributed by atoms with Gasteiger partial charge in [-0.15, -0.1) is 0 Å². The van der Waals surface area contributed by atoms with Crippen LogP contribution in [0.25, 0.3) is 0 Å². The van der Waals surface area contributed by atoms with Gasteiger partial charge in [0, 0.05) is 5.56 Å². The molecule has 1 rings (SSSR count). The van der Waals surface area contributed by atoms with E-state index < -0.39 is 22.4 Å². The third-order valence-electron chi connectivity index (χ3n) is 2.42. The molecule has 1 aromatic carbocycles. The molecular formula is C12H12BrF3O. The van der Waals surface area contributed by atoms with Crippen molar-refractivity contribution in [1.29, 1.82) is 0 Å². The second-order valence-corrected chi connectivity index (χ2v) is 5.09. The number of hydrogen-bond donors (Lipinski definition) is 0. The lowest BCUT2D eigenvalue weighted by atomic mass is 9.98. The zero-order valence-electron chi connectivity index (χ0n) is 9.44. The smallest absolute Gasteiger partial charge is 0.293 e. The van der Waals surface area contributed by atoms with Gasteiger partial charge in [-0.05, 0) is 31.0 Å². The van der Waals surface area contributed by atoms with E-state index in [0.29, 0.717) is 6.42 Å². The summed E-state index contributed by atoms with van der Waals surface area (Å²) in [6.45, 7) is 3.34. The molecule has 0 spiro atoms. The number of ketones is 1. The summed E-state index contributed by atoms with van der Waals surface area (Å²) in [4.78, 5) is 11.1. The number of benzene rings is 1. The van der Waals surface area contributed by atoms with E-state index in [1.165, 1.54) is 19.1 Å². The molecule has 1 aromatic rings. The molecular weight excluding hydrogens is 297 g/mol. The van der Waals surface area contributed by atoms with Crippen molar-refractivity contribution in [2.24, 2.45) is 0 Å². The largest absolute Gasteiger partial charge is 0.417 e. The highest BCUT2D eigenvalue weighted by Gasteiger charge is 2.35. The molecule has 0 N–H and O–H groups in total. The minimum absolute atomic E-state index is 0.263. The lowest BCUT2D eigenvalue weighted by Gasteiger charge is -2.14. The summed E-state index contributed by atoms with van der Waals surface area (Å²) in [7, 11) is 0. The third kappa shape index (κ3) is 3.31. The first-order chi connectivity index (χ1) is 7.77. The van der Waals surface area contributed by atoms with Crippen LogP contribution in [0, 0.1) is 0 Å². The summed E-state index contributed by atoms with van der Waals surface area (Å²) >= 11 is 3.01. The van der Waals surface area contributed by atoms with E-state index in [1.54, 1.807) is 0 Å². The van der Waals surface area contributed by atoms with Gasteiger partial charge >= 0.3 is 6.18 Å². The lowest BCUT2D eigenvalue weighted by molar-refractivity contribution is -0.137. The van der Waals surface area contributed by atoms with E-state index in [2.05, 4.69) is 15.9 Å². The Morgan fingerprint density at radius 2 is 2.00 bits per heavy atom. The Morgan fingerprint density at radius 1 is 1.41 bits per heavy atom. The summed E-state index contributed by atoms with van der Waals surface area (Å²) in [6.07, 6.45) is -3.91. The van der Waals surface area contributed by atoms with Crippen molar-refractivity contribution < 1.29 is 18.0 Å². The fourth-order valence-electron chi connectivity index (χ4n) is 1.48. The molecule has 0 aliphatic heterocycles. The molecule has 0 saturated carbocycles. The summed E-state index contributed by atoms with van der Waals surface area (Å²) in [6, 6.07) is 3.70. The summed E-state index contributed by atoms with van der Waals surface area (Å²) in [5, 5.41) is 0. The Hall–Kier alpha value is -0.840. The Kier molecular flexibility index (Phi) is 4.36. The van der Waals surface area contributed by atoms with Crippen LogP contribution < -0.4 is 0 Å². The van der Waals surface area contributed by atoms with Crippen molar-refractivity contribution in [1.82, 2.24) is 0 Å². The molecule has 0 aliphatic rings. The van der Waals surface area contributed by atoms with Gasteiger partial charge in [0.2, 0.25) is 0 Å². The Balaban J connectivity index is 3.36. The molecule has 0 heterocycles. The van der Waals surface area contributed by atoms with Crippen molar-refractivity contribution in [3.63, 3.8) is 0 Å². The molecule has 0 aromatic heterocycles. The first kappa shape index (κ1) is 14.2. The molecule has 1 atom stereocenters. The molecule has 0 bridgehead atoms. The van der Waals surface area contributed by atoms with Crippen LogP contribution in [0.15, 0.2) is 18.2 Å². The van der Waals surface area contributed by atoms with Crippen LogP contribution in [0.2, 0.25) is 0 Å². The average Bonchev–Trinajstić information content (AvgIpc) is 2.25. The molecule has 1 unspecified atom stereocenters. The van der Waals surface area contributed by atoms with E-state index in [9.17, 15) is 18.0 Å². The lowest BCUT2D eigenvalue weighted by Crippen LogP contribution is -2.18. The minimum atomic E-state index is -4.50. The number of alkyl halides is 4. The third-order valence-corrected chi connectivity index (χ3v) is 2.84. The monoisotopic (exact) mass is 308 g/mol. The number of Topliss-reactive ketones (excluding diaryl/α,β-unsaturated/α-hetero) is 1. The van der Waals surface area contributed by atoms with Crippen LogP contribution in [0.5, 0.6) is 0 Å². The number of carbonyl (C=O) groups is 1. The van der Waals surface area contributed by atoms with Gasteiger partial charge in [0.05, 0.1) is 10.4 Å². The molecule has 0 aliphatic carbocycles. The van der Waals surface area contributed by atoms with E-state index in [4.69, 9.17) is 0 Å². The first-order valence-corrected chi connectivity index (χ1v) is 6.07. The molecule has 0 radical (unpaired) electrons. The molecule has 1 nitrogen and oxygen atoms in total. The van der Waals surface area contributed by atoms with Crippen molar-refractivity contribution in [2.45, 2.75) is 31.3 Å². The molecule has 94 valence electrons. The zero-order valence-corrected chi connectivity index (χ0v) is 11.0. The van der Waals surface area contributed by atoms with Gasteiger partial charge in [0.25, 0.3) is 0 Å². The van der Waals surface area contributed by atoms with E-state index in [0.717, 1.165) is 11.6 Å². The Bertz CT molecular complexity index is 424. The van der Waals surface area contributed by atoms with Crippen LogP contribution in [-0.4, -0.2) is 10.6 Å². The standard InChI is InChI=1S/C12H12BrF3O/c1-3-8-4-5-10(12(14,15)16)9(6-8)11(17)7(2)13/h4-7H,3H2,1-2H3. The maximum Gasteiger partial charge on any atom is 0.417 e. The topological polar surface area (TPSA) is 17.1 Å². The number of carbonyl (C=O) groups excluding carboxylic acids is 1. The summed E-state index contributed by atoms with van der Waals surface area (Å²) < 4.78 is 38.2. The predicted molar refractivity (Wildman–Crippen MR) is 63.5 cm³/mol. The second-order valence-electron chi connectivity index (χ2n) is 3.71. The number of aryl methyl sites for hydroxylation is 1. The molecule has 5 heteroatoms. The van der Waals surface area contributed by atoms with Crippen LogP contribution in [-0.2, 0) is 12.6 Å². The highest BCUT2D eigenvalue weighted by atomic mass is 79.9. The first-order valence-electron chi connectivity index (χ1n) is 5.15. The van der Waals surface area contributed by atoms with Crippen LogP contribution >= 0.6 is 15.9 Å². The quantitative estimate of drug-likeness (QED) is 0.603. The highest BCUT2D eigenvalue weighted by molar-refractivity contribution is 9.10. The van der Waals surface area contributed by atoms with Crippen molar-refractivity contribution in [2.75, 3.05) is 0 Å². The molecule has 0 saturated heterocycles. The predicted octanol–water partition coefficient (Wildman–Crippen LogP) is 4.23. The molecule has 17 heavy (non-hydrogen) atoms. The normalized spacial score (nSPS) is 13.5. The van der Waals surface area contributed by atoms with Crippen molar-refractivity contribution in [3.8, 4) is 0 Å². The molecule has 0 amide bonds. The zero-order chi connectivity index (χ0) is 13.2. The van der Waals surface area contributed by atoms with Gasteiger partial charge in [-0.2, -0.15) is 13.2 Å². The Morgan fingerprint density at radius 3 is 2.41 bits per heavy atom. The minimum Gasteiger partial charge on any atom is -0.293 e. The van der Waals surface area contributed by atoms with Crippen LogP contribution in [0.3, 0.4) is 0 Å². The van der Waals surface area contributed by atoms with Crippen molar-refractivity contribution in [3.05, 3.63) is 34.9 Å². The van der Waals surface area contributed by atoms with E-state index in [1.807, 2.05) is 6.92 Å². The van der Waals surface area contributed by atoms with Gasteiger partial charge in [0.1, 0.15) is 0 Å². The average molecular weight is 309 g/mol. The van der Waals surface area contributed by atoms with Gasteiger partial charge in [-0.25, -0.2) is 0 Å². The number of hydrogen-bond acceptors (Lipinski definition) is 1. The van der Waals surface area contributed by atoms with Crippen LogP contribution in [0.1, 0.15) is 35.3 Å². The fraction of sp³-hybridized carbons (Fsp3) is 0.417. The summed E-state index contributed by atoms with van der Waals surface area (Å²) in [5.74, 6) is -0.548. The van der Waals surface area contributed by atoms with Gasteiger partial charge in [0.15, 0.2) is 5.78 Å². The van der Waals surface area contributed by atoms with Gasteiger partial charge in [-0.1, -0.05) is 28.9 Å². The SMILES string of the molecule is CCc1ccc(C(F)(F)F)c(C(=O)C(C)Br)c1. The highest BCUT2D eigenvalue weighted by Crippen LogP contribution is 2.33. The maximum atomic E-state index is 12.7. The van der Waals surface area contributed by atoms with E-state index >= 15 is 0 Å². The second kappa shape index (κ2) is 5.21. The van der Waals surface area contributed by atoms with Gasteiger partial charge in [-0.3, -0.25) is 4.79 Å². The maximum absolute atomic E-state index is 12.7.